The van der Waals surface area contributed by atoms with Crippen LogP contribution in [0.25, 0.3) is 0 Å². The average molecular weight is 404 g/mol. The summed E-state index contributed by atoms with van der Waals surface area (Å²) >= 11 is 2.85. The number of benzene rings is 1. The van der Waals surface area contributed by atoms with Gasteiger partial charge >= 0.3 is 0 Å². The minimum Gasteiger partial charge on any atom is -0.485 e. The summed E-state index contributed by atoms with van der Waals surface area (Å²) in [4.78, 5) is 13.1. The highest BCUT2D eigenvalue weighted by Gasteiger charge is 2.13. The number of aryl methyl sites for hydroxylation is 2. The standard InChI is InChI=1S/C18H21N5O2S2/c1-12-5-6-15(13(2)8-12)25-10-16-21-22-18(23(16)19)27-11-17(24)20-9-14-4-3-7-26-14/h3-8H,9-11,19H2,1-2H3,(H,20,24). The average Bonchev–Trinajstić information content (AvgIpc) is 3.28. The zero-order valence-corrected chi connectivity index (χ0v) is 16.8. The second kappa shape index (κ2) is 8.92. The molecule has 142 valence electrons. The van der Waals surface area contributed by atoms with Gasteiger partial charge in [-0.2, -0.15) is 0 Å². The van der Waals surface area contributed by atoms with Gasteiger partial charge in [0, 0.05) is 4.88 Å². The van der Waals surface area contributed by atoms with Gasteiger partial charge in [-0.25, -0.2) is 4.68 Å². The number of hydrogen-bond donors (Lipinski definition) is 2. The van der Waals surface area contributed by atoms with E-state index in [1.165, 1.54) is 22.0 Å². The maximum atomic E-state index is 12.0. The molecule has 0 unspecified atom stereocenters. The zero-order valence-electron chi connectivity index (χ0n) is 15.1. The first-order valence-corrected chi connectivity index (χ1v) is 10.2. The third-order valence-electron chi connectivity index (χ3n) is 3.79. The Kier molecular flexibility index (Phi) is 6.36. The molecule has 3 N–H and O–H groups in total. The molecule has 3 aromatic rings. The third-order valence-corrected chi connectivity index (χ3v) is 5.61. The van der Waals surface area contributed by atoms with E-state index in [1.54, 1.807) is 11.3 Å². The van der Waals surface area contributed by atoms with Crippen LogP contribution in [0, 0.1) is 13.8 Å². The van der Waals surface area contributed by atoms with Crippen LogP contribution >= 0.6 is 23.1 Å². The van der Waals surface area contributed by atoms with Gasteiger partial charge in [0.2, 0.25) is 11.1 Å². The van der Waals surface area contributed by atoms with Crippen molar-refractivity contribution in [1.29, 1.82) is 0 Å². The van der Waals surface area contributed by atoms with Crippen molar-refractivity contribution in [3.05, 3.63) is 57.5 Å². The van der Waals surface area contributed by atoms with Crippen molar-refractivity contribution in [2.45, 2.75) is 32.2 Å². The first-order chi connectivity index (χ1) is 13.0. The lowest BCUT2D eigenvalue weighted by Crippen LogP contribution is -2.24. The highest BCUT2D eigenvalue weighted by Crippen LogP contribution is 2.20. The van der Waals surface area contributed by atoms with Gasteiger partial charge in [-0.1, -0.05) is 35.5 Å². The normalized spacial score (nSPS) is 10.7. The zero-order chi connectivity index (χ0) is 19.2. The number of carbonyl (C=O) groups is 1. The van der Waals surface area contributed by atoms with Gasteiger partial charge in [0.25, 0.3) is 0 Å². The number of aromatic nitrogens is 3. The molecule has 0 atom stereocenters. The van der Waals surface area contributed by atoms with Gasteiger partial charge in [0.15, 0.2) is 5.82 Å². The van der Waals surface area contributed by atoms with Crippen LogP contribution in [-0.2, 0) is 17.9 Å². The quantitative estimate of drug-likeness (QED) is 0.443. The van der Waals surface area contributed by atoms with Crippen molar-refractivity contribution < 1.29 is 9.53 Å². The van der Waals surface area contributed by atoms with Crippen LogP contribution in [0.3, 0.4) is 0 Å². The lowest BCUT2D eigenvalue weighted by Gasteiger charge is -2.09. The van der Waals surface area contributed by atoms with Crippen LogP contribution in [0.5, 0.6) is 5.75 Å². The molecule has 0 aliphatic heterocycles. The number of nitrogens with two attached hydrogens (primary N) is 1. The third kappa shape index (κ3) is 5.24. The number of carbonyl (C=O) groups excluding carboxylic acids is 1. The molecule has 7 nitrogen and oxygen atoms in total. The Morgan fingerprint density at radius 2 is 2.19 bits per heavy atom. The first-order valence-electron chi connectivity index (χ1n) is 8.34. The molecule has 1 amide bonds. The Balaban J connectivity index is 1.50. The summed E-state index contributed by atoms with van der Waals surface area (Å²) in [7, 11) is 0. The van der Waals surface area contributed by atoms with Crippen LogP contribution in [0.4, 0.5) is 0 Å². The van der Waals surface area contributed by atoms with Crippen molar-refractivity contribution in [2.24, 2.45) is 0 Å². The van der Waals surface area contributed by atoms with Crippen molar-refractivity contribution in [3.63, 3.8) is 0 Å². The highest BCUT2D eigenvalue weighted by molar-refractivity contribution is 7.99. The number of thioether (sulfide) groups is 1. The molecular formula is C18H21N5O2S2. The SMILES string of the molecule is Cc1ccc(OCc2nnc(SCC(=O)NCc3cccs3)n2N)c(C)c1. The molecule has 2 heterocycles. The number of amides is 1. The molecule has 0 aliphatic carbocycles. The van der Waals surface area contributed by atoms with Gasteiger partial charge < -0.3 is 15.9 Å². The van der Waals surface area contributed by atoms with Crippen LogP contribution < -0.4 is 15.9 Å². The number of hydrogen-bond acceptors (Lipinski definition) is 7. The number of rotatable bonds is 8. The monoisotopic (exact) mass is 403 g/mol. The van der Waals surface area contributed by atoms with E-state index in [4.69, 9.17) is 10.6 Å². The topological polar surface area (TPSA) is 95.1 Å². The van der Waals surface area contributed by atoms with Crippen LogP contribution in [0.2, 0.25) is 0 Å². The molecule has 1 aromatic carbocycles. The van der Waals surface area contributed by atoms with E-state index in [-0.39, 0.29) is 18.3 Å². The summed E-state index contributed by atoms with van der Waals surface area (Å²) in [6.45, 7) is 4.76. The molecule has 2 aromatic heterocycles. The summed E-state index contributed by atoms with van der Waals surface area (Å²) in [6, 6.07) is 9.91. The second-order valence-electron chi connectivity index (χ2n) is 5.97. The Bertz CT molecular complexity index is 909. The van der Waals surface area contributed by atoms with E-state index in [1.807, 2.05) is 43.5 Å². The van der Waals surface area contributed by atoms with Gasteiger partial charge in [0.1, 0.15) is 12.4 Å². The van der Waals surface area contributed by atoms with Crippen LogP contribution in [0.15, 0.2) is 40.9 Å². The van der Waals surface area contributed by atoms with Gasteiger partial charge in [-0.05, 0) is 36.9 Å². The van der Waals surface area contributed by atoms with Crippen molar-refractivity contribution in [3.8, 4) is 5.75 Å². The largest absolute Gasteiger partial charge is 0.485 e. The van der Waals surface area contributed by atoms with Crippen molar-refractivity contribution in [1.82, 2.24) is 20.2 Å². The molecule has 3 rings (SSSR count). The number of nitrogens with zero attached hydrogens (tertiary/aromatic N) is 3. The van der Waals surface area contributed by atoms with Crippen molar-refractivity contribution in [2.75, 3.05) is 11.6 Å². The number of ether oxygens (including phenoxy) is 1. The van der Waals surface area contributed by atoms with E-state index >= 15 is 0 Å². The fourth-order valence-corrected chi connectivity index (χ4v) is 3.74. The van der Waals surface area contributed by atoms with Gasteiger partial charge in [-0.15, -0.1) is 21.5 Å². The van der Waals surface area contributed by atoms with Crippen LogP contribution in [-0.4, -0.2) is 26.5 Å². The summed E-state index contributed by atoms with van der Waals surface area (Å²) in [6.07, 6.45) is 0. The Morgan fingerprint density at radius 3 is 2.93 bits per heavy atom. The maximum absolute atomic E-state index is 12.0. The highest BCUT2D eigenvalue weighted by atomic mass is 32.2. The molecule has 0 saturated carbocycles. The molecule has 27 heavy (non-hydrogen) atoms. The summed E-state index contributed by atoms with van der Waals surface area (Å²) in [5.74, 6) is 7.45. The predicted octanol–water partition coefficient (Wildman–Crippen LogP) is 2.66. The Hall–Kier alpha value is -2.52. The van der Waals surface area contributed by atoms with E-state index in [9.17, 15) is 4.79 Å². The number of nitrogen functional groups attached to an aromatic ring is 1. The number of nitrogens with one attached hydrogen (secondary N) is 1. The second-order valence-corrected chi connectivity index (χ2v) is 7.95. The van der Waals surface area contributed by atoms with Gasteiger partial charge in [0.05, 0.1) is 12.3 Å². The summed E-state index contributed by atoms with van der Waals surface area (Å²) < 4.78 is 7.15. The molecule has 0 fully saturated rings. The maximum Gasteiger partial charge on any atom is 0.230 e. The lowest BCUT2D eigenvalue weighted by atomic mass is 10.1. The first kappa shape index (κ1) is 19.2. The Labute approximate surface area is 165 Å². The van der Waals surface area contributed by atoms with Gasteiger partial charge in [-0.3, -0.25) is 4.79 Å². The molecule has 9 heteroatoms. The predicted molar refractivity (Wildman–Crippen MR) is 107 cm³/mol. The minimum atomic E-state index is -0.0792. The molecule has 0 aliphatic rings. The molecule has 0 spiro atoms. The van der Waals surface area contributed by atoms with Crippen molar-refractivity contribution >= 4 is 29.0 Å². The molecular weight excluding hydrogens is 382 g/mol. The fraction of sp³-hybridized carbons (Fsp3) is 0.278. The molecule has 0 bridgehead atoms. The number of thiophene rings is 1. The minimum absolute atomic E-state index is 0.0792. The van der Waals surface area contributed by atoms with E-state index in [0.29, 0.717) is 17.5 Å². The lowest BCUT2D eigenvalue weighted by molar-refractivity contribution is -0.118. The van der Waals surface area contributed by atoms with E-state index in [2.05, 4.69) is 21.6 Å². The smallest absolute Gasteiger partial charge is 0.230 e. The Morgan fingerprint density at radius 1 is 1.33 bits per heavy atom. The summed E-state index contributed by atoms with van der Waals surface area (Å²) in [5, 5.41) is 13.4. The fourth-order valence-electron chi connectivity index (χ4n) is 2.39. The van der Waals surface area contributed by atoms with E-state index < -0.39 is 0 Å². The van der Waals surface area contributed by atoms with Crippen LogP contribution in [0.1, 0.15) is 21.8 Å². The summed E-state index contributed by atoms with van der Waals surface area (Å²) in [5.41, 5.74) is 2.23. The van der Waals surface area contributed by atoms with E-state index in [0.717, 1.165) is 16.2 Å². The molecule has 0 radical (unpaired) electrons. The molecule has 0 saturated heterocycles.